The third-order valence-electron chi connectivity index (χ3n) is 3.64. The van der Waals surface area contributed by atoms with E-state index in [1.165, 1.54) is 0 Å². The maximum atomic E-state index is 12.2. The molecule has 0 heterocycles. The smallest absolute Gasteiger partial charge is 0.314 e. The van der Waals surface area contributed by atoms with Gasteiger partial charge in [0, 0.05) is 16.4 Å². The largest absolute Gasteiger partial charge is 0.318 e. The monoisotopic (exact) mass is 344 g/mol. The summed E-state index contributed by atoms with van der Waals surface area (Å²) in [4.78, 5) is 24.4. The zero-order chi connectivity index (χ0) is 17.9. The topological polar surface area (TPSA) is 58.2 Å². The van der Waals surface area contributed by atoms with Gasteiger partial charge in [0.25, 0.3) is 0 Å². The molecule has 0 aliphatic rings. The van der Waals surface area contributed by atoms with E-state index in [1.807, 2.05) is 45.9 Å². The number of amides is 2. The molecule has 0 atom stereocenters. The van der Waals surface area contributed by atoms with Gasteiger partial charge in [0.1, 0.15) is 0 Å². The molecule has 2 aromatic carbocycles. The molecule has 0 aliphatic heterocycles. The molecule has 2 amide bonds. The number of hydrogen-bond acceptors (Lipinski definition) is 2. The van der Waals surface area contributed by atoms with Crippen LogP contribution < -0.4 is 10.6 Å². The molecule has 0 spiro atoms. The molecular formula is C19H21ClN2O2. The molecule has 0 unspecified atom stereocenters. The van der Waals surface area contributed by atoms with Gasteiger partial charge in [0.05, 0.1) is 0 Å². The Morgan fingerprint density at radius 3 is 2.12 bits per heavy atom. The van der Waals surface area contributed by atoms with Crippen LogP contribution in [0.1, 0.15) is 31.9 Å². The average molecular weight is 345 g/mol. The van der Waals surface area contributed by atoms with Gasteiger partial charge in [-0.1, -0.05) is 56.6 Å². The first-order valence-electron chi connectivity index (χ1n) is 7.66. The van der Waals surface area contributed by atoms with Gasteiger partial charge in [-0.25, -0.2) is 0 Å². The van der Waals surface area contributed by atoms with Gasteiger partial charge in [0.15, 0.2) is 0 Å². The van der Waals surface area contributed by atoms with E-state index in [9.17, 15) is 9.59 Å². The summed E-state index contributed by atoms with van der Waals surface area (Å²) in [5, 5.41) is 5.78. The van der Waals surface area contributed by atoms with Crippen LogP contribution in [0.4, 0.5) is 11.4 Å². The zero-order valence-corrected chi connectivity index (χ0v) is 15.0. The van der Waals surface area contributed by atoms with E-state index in [-0.39, 0.29) is 5.41 Å². The summed E-state index contributed by atoms with van der Waals surface area (Å²) in [6.45, 7) is 7.98. The van der Waals surface area contributed by atoms with Crippen LogP contribution in [0.5, 0.6) is 0 Å². The van der Waals surface area contributed by atoms with Crippen LogP contribution in [-0.4, -0.2) is 11.8 Å². The van der Waals surface area contributed by atoms with Crippen molar-refractivity contribution in [2.45, 2.75) is 33.1 Å². The Morgan fingerprint density at radius 1 is 0.917 bits per heavy atom. The number of benzene rings is 2. The summed E-state index contributed by atoms with van der Waals surface area (Å²) in [5.74, 6) is -1.45. The number of hydrogen-bond donors (Lipinski definition) is 2. The van der Waals surface area contributed by atoms with Crippen molar-refractivity contribution in [3.05, 3.63) is 58.6 Å². The standard InChI is InChI=1S/C19H21ClN2O2/c1-12-9-10-13(20)11-16(12)22-18(24)17(23)21-15-8-6-5-7-14(15)19(2,3)4/h5-11H,1-4H3,(H,21,23)(H,22,24). The predicted octanol–water partition coefficient (Wildman–Crippen LogP) is 4.52. The molecule has 24 heavy (non-hydrogen) atoms. The van der Waals surface area contributed by atoms with Gasteiger partial charge in [-0.05, 0) is 41.7 Å². The minimum atomic E-state index is -0.732. The third kappa shape index (κ3) is 4.36. The molecule has 0 saturated heterocycles. The SMILES string of the molecule is Cc1ccc(Cl)cc1NC(=O)C(=O)Nc1ccccc1C(C)(C)C. The lowest BCUT2D eigenvalue weighted by Crippen LogP contribution is -2.30. The van der Waals surface area contributed by atoms with Gasteiger partial charge >= 0.3 is 11.8 Å². The number of anilines is 2. The molecule has 0 fully saturated rings. The summed E-state index contributed by atoms with van der Waals surface area (Å²) in [5.41, 5.74) is 2.80. The highest BCUT2D eigenvalue weighted by Crippen LogP contribution is 2.29. The molecule has 5 heteroatoms. The van der Waals surface area contributed by atoms with Crippen LogP contribution in [0.15, 0.2) is 42.5 Å². The van der Waals surface area contributed by atoms with Crippen molar-refractivity contribution in [1.82, 2.24) is 0 Å². The molecule has 0 radical (unpaired) electrons. The van der Waals surface area contributed by atoms with Gasteiger partial charge in [0.2, 0.25) is 0 Å². The van der Waals surface area contributed by atoms with Crippen molar-refractivity contribution in [2.24, 2.45) is 0 Å². The van der Waals surface area contributed by atoms with E-state index < -0.39 is 11.8 Å². The molecule has 126 valence electrons. The summed E-state index contributed by atoms with van der Waals surface area (Å²) in [6, 6.07) is 12.6. The predicted molar refractivity (Wildman–Crippen MR) is 98.6 cm³/mol. The molecule has 4 nitrogen and oxygen atoms in total. The lowest BCUT2D eigenvalue weighted by molar-refractivity contribution is -0.133. The second kappa shape index (κ2) is 7.05. The Bertz CT molecular complexity index is 779. The van der Waals surface area contributed by atoms with Crippen LogP contribution >= 0.6 is 11.6 Å². The summed E-state index contributed by atoms with van der Waals surface area (Å²) in [6.07, 6.45) is 0. The van der Waals surface area contributed by atoms with Crippen LogP contribution in [0, 0.1) is 6.92 Å². The van der Waals surface area contributed by atoms with Crippen LogP contribution in [0.25, 0.3) is 0 Å². The fourth-order valence-electron chi connectivity index (χ4n) is 2.33. The van der Waals surface area contributed by atoms with Gasteiger partial charge in [-0.3, -0.25) is 9.59 Å². The van der Waals surface area contributed by atoms with Crippen molar-refractivity contribution in [2.75, 3.05) is 10.6 Å². The van der Waals surface area contributed by atoms with E-state index in [0.29, 0.717) is 16.4 Å². The van der Waals surface area contributed by atoms with Crippen LogP contribution in [0.3, 0.4) is 0 Å². The number of carbonyl (C=O) groups is 2. The minimum Gasteiger partial charge on any atom is -0.318 e. The summed E-state index contributed by atoms with van der Waals surface area (Å²) < 4.78 is 0. The summed E-state index contributed by atoms with van der Waals surface area (Å²) in [7, 11) is 0. The molecule has 0 saturated carbocycles. The van der Waals surface area contributed by atoms with Gasteiger partial charge in [-0.15, -0.1) is 0 Å². The number of halogens is 1. The maximum Gasteiger partial charge on any atom is 0.314 e. The van der Waals surface area contributed by atoms with Crippen LogP contribution in [0.2, 0.25) is 5.02 Å². The lowest BCUT2D eigenvalue weighted by atomic mass is 9.86. The normalized spacial score (nSPS) is 11.0. The fraction of sp³-hybridized carbons (Fsp3) is 0.263. The highest BCUT2D eigenvalue weighted by molar-refractivity contribution is 6.44. The number of nitrogens with one attached hydrogen (secondary N) is 2. The number of carbonyl (C=O) groups excluding carboxylic acids is 2. The third-order valence-corrected chi connectivity index (χ3v) is 3.87. The Balaban J connectivity index is 2.16. The fourth-order valence-corrected chi connectivity index (χ4v) is 2.51. The average Bonchev–Trinajstić information content (AvgIpc) is 2.50. The van der Waals surface area contributed by atoms with Crippen molar-refractivity contribution < 1.29 is 9.59 Å². The number of aryl methyl sites for hydroxylation is 1. The van der Waals surface area contributed by atoms with Crippen LogP contribution in [-0.2, 0) is 15.0 Å². The molecule has 0 aliphatic carbocycles. The number of para-hydroxylation sites is 1. The molecule has 0 bridgehead atoms. The van der Waals surface area contributed by atoms with E-state index in [4.69, 9.17) is 11.6 Å². The highest BCUT2D eigenvalue weighted by atomic mass is 35.5. The Kier molecular flexibility index (Phi) is 5.30. The molecular weight excluding hydrogens is 324 g/mol. The van der Waals surface area contributed by atoms with Crippen molar-refractivity contribution in [3.63, 3.8) is 0 Å². The quantitative estimate of drug-likeness (QED) is 0.787. The first kappa shape index (κ1) is 18.0. The first-order chi connectivity index (χ1) is 11.2. The van der Waals surface area contributed by atoms with E-state index in [0.717, 1.165) is 11.1 Å². The second-order valence-electron chi connectivity index (χ2n) is 6.66. The summed E-state index contributed by atoms with van der Waals surface area (Å²) >= 11 is 5.93. The minimum absolute atomic E-state index is 0.149. The van der Waals surface area contributed by atoms with Gasteiger partial charge in [-0.2, -0.15) is 0 Å². The zero-order valence-electron chi connectivity index (χ0n) is 14.2. The Labute approximate surface area is 147 Å². The number of rotatable bonds is 2. The maximum absolute atomic E-state index is 12.2. The molecule has 2 rings (SSSR count). The Hall–Kier alpha value is -2.33. The highest BCUT2D eigenvalue weighted by Gasteiger charge is 2.21. The van der Waals surface area contributed by atoms with Gasteiger partial charge < -0.3 is 10.6 Å². The molecule has 0 aromatic heterocycles. The van der Waals surface area contributed by atoms with E-state index in [1.54, 1.807) is 24.3 Å². The first-order valence-corrected chi connectivity index (χ1v) is 8.04. The van der Waals surface area contributed by atoms with Crippen molar-refractivity contribution in [3.8, 4) is 0 Å². The molecule has 2 aromatic rings. The second-order valence-corrected chi connectivity index (χ2v) is 7.10. The van der Waals surface area contributed by atoms with E-state index in [2.05, 4.69) is 10.6 Å². The lowest BCUT2D eigenvalue weighted by Gasteiger charge is -2.22. The van der Waals surface area contributed by atoms with E-state index >= 15 is 0 Å². The van der Waals surface area contributed by atoms with Crippen molar-refractivity contribution >= 4 is 34.8 Å². The molecule has 2 N–H and O–H groups in total. The van der Waals surface area contributed by atoms with Crippen molar-refractivity contribution in [1.29, 1.82) is 0 Å². The Morgan fingerprint density at radius 2 is 1.50 bits per heavy atom.